The third-order valence-corrected chi connectivity index (χ3v) is 4.61. The minimum absolute atomic E-state index is 0.0280. The van der Waals surface area contributed by atoms with E-state index in [0.717, 1.165) is 20.9 Å². The molecule has 0 aromatic carbocycles. The Balaban J connectivity index is 2.41. The number of nitrogens with two attached hydrogens (primary N) is 1. The number of tetrazole rings is 1. The molecule has 0 bridgehead atoms. The highest BCUT2D eigenvalue weighted by molar-refractivity contribution is 8.00. The quantitative estimate of drug-likeness (QED) is 0.567. The molecule has 0 aliphatic rings. The van der Waals surface area contributed by atoms with Crippen molar-refractivity contribution in [1.82, 2.24) is 29.3 Å². The van der Waals surface area contributed by atoms with E-state index >= 15 is 0 Å². The molecule has 130 valence electrons. The van der Waals surface area contributed by atoms with Gasteiger partial charge in [-0.25, -0.2) is 9.48 Å². The third-order valence-electron chi connectivity index (χ3n) is 3.56. The Labute approximate surface area is 141 Å². The van der Waals surface area contributed by atoms with E-state index in [2.05, 4.69) is 15.5 Å². The molecule has 1 unspecified atom stereocenters. The zero-order chi connectivity index (χ0) is 18.2. The van der Waals surface area contributed by atoms with E-state index in [0.29, 0.717) is 5.16 Å². The maximum Gasteiger partial charge on any atom is 0.332 e. The predicted molar refractivity (Wildman–Crippen MR) is 89.2 cm³/mol. The highest BCUT2D eigenvalue weighted by Gasteiger charge is 2.27. The molecule has 10 nitrogen and oxygen atoms in total. The van der Waals surface area contributed by atoms with E-state index in [-0.39, 0.29) is 17.4 Å². The molecule has 0 aliphatic heterocycles. The maximum absolute atomic E-state index is 12.7. The van der Waals surface area contributed by atoms with Gasteiger partial charge in [-0.05, 0) is 31.2 Å². The number of Topliss-reactive ketones (excluding diaryl/α,β-unsaturated/α-hetero) is 1. The van der Waals surface area contributed by atoms with Crippen molar-refractivity contribution >= 4 is 23.4 Å². The van der Waals surface area contributed by atoms with Crippen molar-refractivity contribution in [1.29, 1.82) is 0 Å². The molecule has 2 heterocycles. The zero-order valence-corrected chi connectivity index (χ0v) is 14.9. The van der Waals surface area contributed by atoms with Gasteiger partial charge in [0.05, 0.1) is 11.3 Å². The minimum Gasteiger partial charge on any atom is -0.384 e. The highest BCUT2D eigenvalue weighted by Crippen LogP contribution is 2.25. The molecule has 2 N–H and O–H groups in total. The Morgan fingerprint density at radius 2 is 1.79 bits per heavy atom. The van der Waals surface area contributed by atoms with Crippen LogP contribution in [0.5, 0.6) is 0 Å². The van der Waals surface area contributed by atoms with E-state index in [1.807, 2.05) is 13.8 Å². The molecule has 24 heavy (non-hydrogen) atoms. The van der Waals surface area contributed by atoms with E-state index in [4.69, 9.17) is 5.73 Å². The SMILES string of the molecule is CC(Sc1nnnn1C(C)C)C(=O)c1c(N)n(C)c(=O)n(C)c1=O. The van der Waals surface area contributed by atoms with Crippen molar-refractivity contribution in [2.75, 3.05) is 5.73 Å². The van der Waals surface area contributed by atoms with Crippen LogP contribution in [0, 0.1) is 0 Å². The highest BCUT2D eigenvalue weighted by atomic mass is 32.2. The molecule has 1 atom stereocenters. The van der Waals surface area contributed by atoms with Gasteiger partial charge in [0, 0.05) is 14.1 Å². The average molecular weight is 353 g/mol. The number of anilines is 1. The molecule has 0 aliphatic carbocycles. The number of nitrogens with zero attached hydrogens (tertiary/aromatic N) is 6. The lowest BCUT2D eigenvalue weighted by atomic mass is 10.1. The maximum atomic E-state index is 12.7. The zero-order valence-electron chi connectivity index (χ0n) is 14.0. The van der Waals surface area contributed by atoms with Crippen molar-refractivity contribution < 1.29 is 4.79 Å². The average Bonchev–Trinajstić information content (AvgIpc) is 2.99. The summed E-state index contributed by atoms with van der Waals surface area (Å²) in [6, 6.07) is 0.0280. The fourth-order valence-corrected chi connectivity index (χ4v) is 3.07. The Morgan fingerprint density at radius 1 is 1.17 bits per heavy atom. The number of hydrogen-bond acceptors (Lipinski definition) is 8. The normalized spacial score (nSPS) is 12.6. The molecule has 11 heteroatoms. The van der Waals surface area contributed by atoms with Crippen LogP contribution in [0.25, 0.3) is 0 Å². The van der Waals surface area contributed by atoms with Gasteiger partial charge in [-0.2, -0.15) is 0 Å². The van der Waals surface area contributed by atoms with Gasteiger partial charge in [0.25, 0.3) is 5.56 Å². The van der Waals surface area contributed by atoms with Gasteiger partial charge >= 0.3 is 5.69 Å². The first-order chi connectivity index (χ1) is 11.2. The van der Waals surface area contributed by atoms with Crippen LogP contribution in [0.4, 0.5) is 5.82 Å². The molecule has 2 rings (SSSR count). The van der Waals surface area contributed by atoms with E-state index < -0.39 is 22.3 Å². The second-order valence-electron chi connectivity index (χ2n) is 5.59. The molecule has 0 amide bonds. The first kappa shape index (κ1) is 17.9. The van der Waals surface area contributed by atoms with Crippen LogP contribution in [0.3, 0.4) is 0 Å². The summed E-state index contributed by atoms with van der Waals surface area (Å²) in [4.78, 5) is 36.8. The smallest absolute Gasteiger partial charge is 0.332 e. The van der Waals surface area contributed by atoms with Gasteiger partial charge in [-0.3, -0.25) is 18.7 Å². The number of nitrogen functional groups attached to an aromatic ring is 1. The number of thioether (sulfide) groups is 1. The molecule has 2 aromatic heterocycles. The Hall–Kier alpha value is -2.43. The Morgan fingerprint density at radius 3 is 2.38 bits per heavy atom. The summed E-state index contributed by atoms with van der Waals surface area (Å²) >= 11 is 1.13. The van der Waals surface area contributed by atoms with Crippen molar-refractivity contribution in [2.24, 2.45) is 14.1 Å². The predicted octanol–water partition coefficient (Wildman–Crippen LogP) is -0.403. The van der Waals surface area contributed by atoms with Crippen LogP contribution in [0.2, 0.25) is 0 Å². The summed E-state index contributed by atoms with van der Waals surface area (Å²) in [5, 5.41) is 11.2. The van der Waals surface area contributed by atoms with Crippen LogP contribution < -0.4 is 17.0 Å². The summed E-state index contributed by atoms with van der Waals surface area (Å²) in [5.41, 5.74) is 4.32. The van der Waals surface area contributed by atoms with Crippen molar-refractivity contribution in [3.05, 3.63) is 26.4 Å². The fourth-order valence-electron chi connectivity index (χ4n) is 2.09. The Kier molecular flexibility index (Phi) is 4.92. The largest absolute Gasteiger partial charge is 0.384 e. The molecule has 2 aromatic rings. The first-order valence-electron chi connectivity index (χ1n) is 7.21. The van der Waals surface area contributed by atoms with Crippen LogP contribution in [-0.2, 0) is 14.1 Å². The standard InChI is InChI=1S/C13H19N7O3S/c1-6(2)20-12(15-16-17-20)24-7(3)9(21)8-10(14)18(4)13(23)19(5)11(8)22/h6-7H,14H2,1-5H3. The molecule has 0 saturated heterocycles. The van der Waals surface area contributed by atoms with Gasteiger partial charge in [-0.15, -0.1) is 5.10 Å². The van der Waals surface area contributed by atoms with Crippen LogP contribution in [-0.4, -0.2) is 40.4 Å². The lowest BCUT2D eigenvalue weighted by Gasteiger charge is -2.14. The molecule has 0 radical (unpaired) electrons. The monoisotopic (exact) mass is 353 g/mol. The minimum atomic E-state index is -0.712. The van der Waals surface area contributed by atoms with Gasteiger partial charge in [0.15, 0.2) is 5.78 Å². The number of rotatable bonds is 5. The number of aromatic nitrogens is 6. The number of ketones is 1. The first-order valence-corrected chi connectivity index (χ1v) is 8.09. The van der Waals surface area contributed by atoms with Crippen LogP contribution in [0.1, 0.15) is 37.2 Å². The summed E-state index contributed by atoms with van der Waals surface area (Å²) in [5.74, 6) is -0.629. The van der Waals surface area contributed by atoms with Gasteiger partial charge in [0.1, 0.15) is 11.4 Å². The molecular weight excluding hydrogens is 334 g/mol. The van der Waals surface area contributed by atoms with Crippen molar-refractivity contribution in [3.63, 3.8) is 0 Å². The number of carbonyl (C=O) groups is 1. The van der Waals surface area contributed by atoms with E-state index in [1.165, 1.54) is 14.1 Å². The van der Waals surface area contributed by atoms with Crippen LogP contribution >= 0.6 is 11.8 Å². The number of carbonyl (C=O) groups excluding carboxylic acids is 1. The number of hydrogen-bond donors (Lipinski definition) is 1. The lowest BCUT2D eigenvalue weighted by Crippen LogP contribution is -2.42. The summed E-state index contributed by atoms with van der Waals surface area (Å²) in [6.07, 6.45) is 0. The van der Waals surface area contributed by atoms with Gasteiger partial charge in [-0.1, -0.05) is 11.8 Å². The fraction of sp³-hybridized carbons (Fsp3) is 0.538. The summed E-state index contributed by atoms with van der Waals surface area (Å²) in [6.45, 7) is 5.46. The molecule has 0 saturated carbocycles. The van der Waals surface area contributed by atoms with Crippen molar-refractivity contribution in [3.8, 4) is 0 Å². The molecule has 0 spiro atoms. The lowest BCUT2D eigenvalue weighted by molar-refractivity contribution is 0.0992. The Bertz CT molecular complexity index is 896. The van der Waals surface area contributed by atoms with Crippen LogP contribution in [0.15, 0.2) is 14.7 Å². The second-order valence-corrected chi connectivity index (χ2v) is 6.90. The van der Waals surface area contributed by atoms with Gasteiger partial charge in [0.2, 0.25) is 5.16 Å². The van der Waals surface area contributed by atoms with Gasteiger partial charge < -0.3 is 5.73 Å². The van der Waals surface area contributed by atoms with E-state index in [9.17, 15) is 14.4 Å². The summed E-state index contributed by atoms with van der Waals surface area (Å²) < 4.78 is 3.51. The second kappa shape index (κ2) is 6.59. The summed E-state index contributed by atoms with van der Waals surface area (Å²) in [7, 11) is 2.71. The third kappa shape index (κ3) is 2.98. The molecule has 0 fully saturated rings. The molecular formula is C13H19N7O3S. The van der Waals surface area contributed by atoms with E-state index in [1.54, 1.807) is 11.6 Å². The van der Waals surface area contributed by atoms with Crippen molar-refractivity contribution in [2.45, 2.75) is 37.2 Å². The topological polar surface area (TPSA) is 131 Å².